The van der Waals surface area contributed by atoms with Gasteiger partial charge in [0.2, 0.25) is 5.91 Å². The molecule has 28 heavy (non-hydrogen) atoms. The molecule has 2 aliphatic carbocycles. The average Bonchev–Trinajstić information content (AvgIpc) is 3.40. The van der Waals surface area contributed by atoms with Gasteiger partial charge < -0.3 is 10.2 Å². The summed E-state index contributed by atoms with van der Waals surface area (Å²) >= 11 is 0. The summed E-state index contributed by atoms with van der Waals surface area (Å²) in [5.41, 5.74) is 7.31. The van der Waals surface area contributed by atoms with Crippen molar-refractivity contribution in [1.82, 2.24) is 9.94 Å². The zero-order valence-corrected chi connectivity index (χ0v) is 16.6. The molecular formula is C22H27N3O3. The van der Waals surface area contributed by atoms with Crippen molar-refractivity contribution >= 4 is 17.6 Å². The predicted molar refractivity (Wildman–Crippen MR) is 106 cm³/mol. The quantitative estimate of drug-likeness (QED) is 0.834. The molecule has 0 spiro atoms. The fourth-order valence-electron chi connectivity index (χ4n) is 4.26. The number of hydrogen-bond acceptors (Lipinski definition) is 4. The van der Waals surface area contributed by atoms with Crippen molar-refractivity contribution in [2.45, 2.75) is 65.2 Å². The molecule has 1 aromatic carbocycles. The molecule has 1 aromatic heterocycles. The molecule has 0 bridgehead atoms. The molecule has 148 valence electrons. The number of amides is 1. The Morgan fingerprint density at radius 3 is 2.46 bits per heavy atom. The minimum Gasteiger partial charge on any atom is -0.326 e. The van der Waals surface area contributed by atoms with Gasteiger partial charge >= 0.3 is 5.97 Å². The van der Waals surface area contributed by atoms with Crippen molar-refractivity contribution in [3.63, 3.8) is 0 Å². The normalized spacial score (nSPS) is 15.8. The summed E-state index contributed by atoms with van der Waals surface area (Å²) in [5.74, 6) is -0.774. The van der Waals surface area contributed by atoms with Gasteiger partial charge in [-0.1, -0.05) is 17.8 Å². The maximum absolute atomic E-state index is 12.6. The molecule has 2 aliphatic rings. The summed E-state index contributed by atoms with van der Waals surface area (Å²) in [4.78, 5) is 31.2. The summed E-state index contributed by atoms with van der Waals surface area (Å²) < 4.78 is 0. The molecule has 6 heteroatoms. The molecular weight excluding hydrogens is 354 g/mol. The second-order valence-corrected chi connectivity index (χ2v) is 7.99. The number of nitrogens with zero attached hydrogens (tertiary/aromatic N) is 2. The molecule has 1 unspecified atom stereocenters. The lowest BCUT2D eigenvalue weighted by Gasteiger charge is -2.16. The van der Waals surface area contributed by atoms with Crippen LogP contribution in [0.2, 0.25) is 0 Å². The van der Waals surface area contributed by atoms with Crippen molar-refractivity contribution in [2.75, 3.05) is 5.32 Å². The number of hydrogen-bond donors (Lipinski definition) is 1. The SMILES string of the molecule is Cc1ccn(OC(=O)C(C)CCC(=O)Nc2c3c(cc4c2CCC4)CCC3)n1. The van der Waals surface area contributed by atoms with E-state index in [2.05, 4.69) is 16.5 Å². The Balaban J connectivity index is 1.36. The molecule has 0 aliphatic heterocycles. The van der Waals surface area contributed by atoms with Crippen molar-refractivity contribution in [3.05, 3.63) is 46.3 Å². The van der Waals surface area contributed by atoms with Crippen LogP contribution in [0.4, 0.5) is 5.69 Å². The number of nitrogens with one attached hydrogen (secondary N) is 1. The molecule has 1 heterocycles. The first-order valence-electron chi connectivity index (χ1n) is 10.2. The van der Waals surface area contributed by atoms with E-state index in [1.54, 1.807) is 19.2 Å². The third-order valence-corrected chi connectivity index (χ3v) is 5.83. The van der Waals surface area contributed by atoms with E-state index in [1.165, 1.54) is 27.1 Å². The summed E-state index contributed by atoms with van der Waals surface area (Å²) in [6.45, 7) is 3.61. The third kappa shape index (κ3) is 3.81. The van der Waals surface area contributed by atoms with Crippen LogP contribution in [-0.4, -0.2) is 21.8 Å². The highest BCUT2D eigenvalue weighted by molar-refractivity contribution is 5.93. The monoisotopic (exact) mass is 381 g/mol. The summed E-state index contributed by atoms with van der Waals surface area (Å²) in [6, 6.07) is 4.12. The van der Waals surface area contributed by atoms with E-state index in [4.69, 9.17) is 4.84 Å². The average molecular weight is 381 g/mol. The highest BCUT2D eigenvalue weighted by atomic mass is 16.7. The Hall–Kier alpha value is -2.63. The van der Waals surface area contributed by atoms with Gasteiger partial charge in [-0.05, 0) is 80.2 Å². The van der Waals surface area contributed by atoms with Gasteiger partial charge in [0.05, 0.1) is 17.8 Å². The van der Waals surface area contributed by atoms with E-state index in [0.29, 0.717) is 12.8 Å². The van der Waals surface area contributed by atoms with E-state index in [1.807, 2.05) is 6.92 Å². The van der Waals surface area contributed by atoms with Crippen molar-refractivity contribution in [2.24, 2.45) is 5.92 Å². The van der Waals surface area contributed by atoms with Crippen LogP contribution >= 0.6 is 0 Å². The number of aryl methyl sites for hydroxylation is 3. The number of carbonyl (C=O) groups excluding carboxylic acids is 2. The van der Waals surface area contributed by atoms with Crippen molar-refractivity contribution < 1.29 is 14.4 Å². The Labute approximate surface area is 165 Å². The van der Waals surface area contributed by atoms with E-state index in [9.17, 15) is 9.59 Å². The number of benzene rings is 1. The highest BCUT2D eigenvalue weighted by Crippen LogP contribution is 2.38. The summed E-state index contributed by atoms with van der Waals surface area (Å²) in [5, 5.41) is 7.23. The highest BCUT2D eigenvalue weighted by Gasteiger charge is 2.25. The largest absolute Gasteiger partial charge is 0.337 e. The molecule has 6 nitrogen and oxygen atoms in total. The maximum atomic E-state index is 12.6. The molecule has 0 saturated carbocycles. The number of anilines is 1. The van der Waals surface area contributed by atoms with Gasteiger partial charge in [-0.3, -0.25) is 4.79 Å². The smallest absolute Gasteiger partial charge is 0.326 e. The van der Waals surface area contributed by atoms with Gasteiger partial charge in [-0.2, -0.15) is 0 Å². The third-order valence-electron chi connectivity index (χ3n) is 5.83. The standard InChI is InChI=1S/C22H27N3O3/c1-14(22(27)28-25-12-11-15(2)24-25)9-10-20(26)23-21-18-7-3-5-16(18)13-17-6-4-8-19(17)21/h11-14H,3-10H2,1-2H3,(H,23,26). The molecule has 0 saturated heterocycles. The fraction of sp³-hybridized carbons (Fsp3) is 0.500. The van der Waals surface area contributed by atoms with Gasteiger partial charge in [-0.25, -0.2) is 4.79 Å². The predicted octanol–water partition coefficient (Wildman–Crippen LogP) is 3.18. The van der Waals surface area contributed by atoms with Gasteiger partial charge in [0.1, 0.15) is 0 Å². The lowest BCUT2D eigenvalue weighted by atomic mass is 9.98. The summed E-state index contributed by atoms with van der Waals surface area (Å²) in [7, 11) is 0. The molecule has 0 radical (unpaired) electrons. The van der Waals surface area contributed by atoms with Crippen molar-refractivity contribution in [3.8, 4) is 0 Å². The molecule has 1 N–H and O–H groups in total. The van der Waals surface area contributed by atoms with E-state index >= 15 is 0 Å². The van der Waals surface area contributed by atoms with E-state index in [-0.39, 0.29) is 17.8 Å². The number of rotatable bonds is 6. The first kappa shape index (κ1) is 18.7. The second-order valence-electron chi connectivity index (χ2n) is 7.99. The molecule has 0 fully saturated rings. The topological polar surface area (TPSA) is 73.2 Å². The van der Waals surface area contributed by atoms with E-state index < -0.39 is 0 Å². The molecule has 2 aromatic rings. The van der Waals surface area contributed by atoms with Crippen LogP contribution in [0.3, 0.4) is 0 Å². The van der Waals surface area contributed by atoms with Gasteiger partial charge in [-0.15, -0.1) is 5.10 Å². The van der Waals surface area contributed by atoms with E-state index in [0.717, 1.165) is 49.9 Å². The zero-order chi connectivity index (χ0) is 19.7. The van der Waals surface area contributed by atoms with Crippen LogP contribution in [0, 0.1) is 12.8 Å². The minimum absolute atomic E-state index is 0.0241. The van der Waals surface area contributed by atoms with Crippen LogP contribution < -0.4 is 10.2 Å². The Morgan fingerprint density at radius 1 is 1.18 bits per heavy atom. The minimum atomic E-state index is -0.377. The Morgan fingerprint density at radius 2 is 1.86 bits per heavy atom. The molecule has 1 atom stereocenters. The first-order valence-corrected chi connectivity index (χ1v) is 10.2. The second kappa shape index (κ2) is 7.78. The number of fused-ring (bicyclic) bond motifs is 2. The summed E-state index contributed by atoms with van der Waals surface area (Å²) in [6.07, 6.45) is 8.99. The number of aromatic nitrogens is 2. The molecule has 4 rings (SSSR count). The maximum Gasteiger partial charge on any atom is 0.337 e. The lowest BCUT2D eigenvalue weighted by Crippen LogP contribution is -2.27. The van der Waals surface area contributed by atoms with Gasteiger partial charge in [0, 0.05) is 12.1 Å². The van der Waals surface area contributed by atoms with Crippen LogP contribution in [0.1, 0.15) is 60.6 Å². The van der Waals surface area contributed by atoms with Crippen molar-refractivity contribution in [1.29, 1.82) is 0 Å². The van der Waals surface area contributed by atoms with Crippen LogP contribution in [0.25, 0.3) is 0 Å². The Kier molecular flexibility index (Phi) is 5.20. The fourth-order valence-corrected chi connectivity index (χ4v) is 4.26. The van der Waals surface area contributed by atoms with Gasteiger partial charge in [0.25, 0.3) is 0 Å². The first-order chi connectivity index (χ1) is 13.5. The van der Waals surface area contributed by atoms with Crippen LogP contribution in [0.15, 0.2) is 18.3 Å². The lowest BCUT2D eigenvalue weighted by molar-refractivity contribution is -0.150. The zero-order valence-electron chi connectivity index (χ0n) is 16.6. The van der Waals surface area contributed by atoms with Crippen LogP contribution in [-0.2, 0) is 35.3 Å². The molecule has 1 amide bonds. The Bertz CT molecular complexity index is 884. The number of carbonyl (C=O) groups is 2. The van der Waals surface area contributed by atoms with Gasteiger partial charge in [0.15, 0.2) is 0 Å². The van der Waals surface area contributed by atoms with Crippen LogP contribution in [0.5, 0.6) is 0 Å².